The summed E-state index contributed by atoms with van der Waals surface area (Å²) in [6.07, 6.45) is 5.66. The van der Waals surface area contributed by atoms with Crippen molar-refractivity contribution in [3.05, 3.63) is 75.8 Å². The lowest BCUT2D eigenvalue weighted by atomic mass is 9.75. The van der Waals surface area contributed by atoms with Crippen molar-refractivity contribution in [2.45, 2.75) is 37.2 Å². The van der Waals surface area contributed by atoms with E-state index in [2.05, 4.69) is 24.9 Å². The van der Waals surface area contributed by atoms with E-state index in [0.29, 0.717) is 53.8 Å². The van der Waals surface area contributed by atoms with Crippen LogP contribution in [-0.2, 0) is 10.3 Å². The van der Waals surface area contributed by atoms with E-state index in [1.807, 2.05) is 0 Å². The minimum Gasteiger partial charge on any atom is -0.450 e. The fourth-order valence-corrected chi connectivity index (χ4v) is 4.85. The van der Waals surface area contributed by atoms with Gasteiger partial charge in [-0.2, -0.15) is 0 Å². The molecule has 0 unspecified atom stereocenters. The Balaban J connectivity index is 1.27. The molecule has 2 aliphatic rings. The van der Waals surface area contributed by atoms with Crippen molar-refractivity contribution < 1.29 is 13.9 Å². The molecule has 9 heteroatoms. The van der Waals surface area contributed by atoms with Gasteiger partial charge in [-0.3, -0.25) is 4.79 Å². The summed E-state index contributed by atoms with van der Waals surface area (Å²) >= 11 is 0. The highest BCUT2D eigenvalue weighted by Gasteiger charge is 2.49. The first kappa shape index (κ1) is 18.9. The van der Waals surface area contributed by atoms with Crippen molar-refractivity contribution in [1.29, 1.82) is 0 Å². The molecule has 4 aromatic rings. The SMILES string of the molecule is O=C1OC2(CCC(c3nc4nc(-c5ccc(F)cc5)ncc4[nH]3)CC2)c2c1cc[nH]c2=O. The van der Waals surface area contributed by atoms with Crippen molar-refractivity contribution in [3.63, 3.8) is 0 Å². The van der Waals surface area contributed by atoms with Gasteiger partial charge >= 0.3 is 5.97 Å². The Bertz CT molecular complexity index is 1420. The molecule has 0 radical (unpaired) electrons. The maximum Gasteiger partial charge on any atom is 0.339 e. The summed E-state index contributed by atoms with van der Waals surface area (Å²) in [7, 11) is 0. The molecule has 0 saturated heterocycles. The third-order valence-corrected chi connectivity index (χ3v) is 6.46. The monoisotopic (exact) mass is 431 g/mol. The second kappa shape index (κ2) is 6.81. The third-order valence-electron chi connectivity index (χ3n) is 6.46. The largest absolute Gasteiger partial charge is 0.450 e. The number of carbonyl (C=O) groups is 1. The minimum absolute atomic E-state index is 0.120. The highest BCUT2D eigenvalue weighted by molar-refractivity contribution is 5.94. The van der Waals surface area contributed by atoms with Crippen LogP contribution in [0.4, 0.5) is 4.39 Å². The quantitative estimate of drug-likeness (QED) is 0.469. The first-order valence-corrected chi connectivity index (χ1v) is 10.5. The molecule has 1 fully saturated rings. The first-order valence-electron chi connectivity index (χ1n) is 10.5. The topological polar surface area (TPSA) is 114 Å². The van der Waals surface area contributed by atoms with Gasteiger partial charge in [-0.25, -0.2) is 24.1 Å². The van der Waals surface area contributed by atoms with E-state index >= 15 is 0 Å². The van der Waals surface area contributed by atoms with Gasteiger partial charge in [0, 0.05) is 17.7 Å². The predicted molar refractivity (Wildman–Crippen MR) is 112 cm³/mol. The molecule has 1 saturated carbocycles. The van der Waals surface area contributed by atoms with Gasteiger partial charge in [0.25, 0.3) is 5.56 Å². The smallest absolute Gasteiger partial charge is 0.339 e. The van der Waals surface area contributed by atoms with Crippen LogP contribution in [0.2, 0.25) is 0 Å². The Morgan fingerprint density at radius 3 is 2.62 bits per heavy atom. The molecule has 4 heterocycles. The van der Waals surface area contributed by atoms with E-state index in [-0.39, 0.29) is 17.3 Å². The molecule has 0 atom stereocenters. The van der Waals surface area contributed by atoms with Crippen LogP contribution in [0.25, 0.3) is 22.6 Å². The van der Waals surface area contributed by atoms with Gasteiger partial charge in [-0.1, -0.05) is 0 Å². The zero-order valence-corrected chi connectivity index (χ0v) is 16.9. The van der Waals surface area contributed by atoms with Crippen molar-refractivity contribution >= 4 is 17.1 Å². The zero-order chi connectivity index (χ0) is 21.9. The fraction of sp³-hybridized carbons (Fsp3) is 0.261. The average Bonchev–Trinajstić information content (AvgIpc) is 3.34. The number of ether oxygens (including phenoxy) is 1. The molecule has 1 aliphatic carbocycles. The van der Waals surface area contributed by atoms with Crippen LogP contribution in [0.3, 0.4) is 0 Å². The Morgan fingerprint density at radius 1 is 1.06 bits per heavy atom. The molecule has 1 aromatic carbocycles. The molecule has 3 aromatic heterocycles. The van der Waals surface area contributed by atoms with Crippen LogP contribution in [0, 0.1) is 5.82 Å². The Hall–Kier alpha value is -3.88. The summed E-state index contributed by atoms with van der Waals surface area (Å²) in [5, 5.41) is 0. The lowest BCUT2D eigenvalue weighted by Crippen LogP contribution is -2.35. The molecule has 2 N–H and O–H groups in total. The number of hydrogen-bond donors (Lipinski definition) is 2. The van der Waals surface area contributed by atoms with Crippen LogP contribution < -0.4 is 5.56 Å². The molecule has 0 bridgehead atoms. The molecule has 0 amide bonds. The van der Waals surface area contributed by atoms with Crippen molar-refractivity contribution in [3.8, 4) is 11.4 Å². The maximum atomic E-state index is 13.2. The number of carbonyl (C=O) groups excluding carboxylic acids is 1. The zero-order valence-electron chi connectivity index (χ0n) is 16.9. The molecular formula is C23H18FN5O3. The van der Waals surface area contributed by atoms with Crippen LogP contribution in [0.15, 0.2) is 47.5 Å². The van der Waals surface area contributed by atoms with Gasteiger partial charge in [-0.05, 0) is 56.0 Å². The van der Waals surface area contributed by atoms with E-state index < -0.39 is 11.6 Å². The molecule has 1 aliphatic heterocycles. The van der Waals surface area contributed by atoms with E-state index in [4.69, 9.17) is 4.74 Å². The normalized spacial score (nSPS) is 22.3. The number of H-pyrrole nitrogens is 2. The Labute approximate surface area is 180 Å². The highest BCUT2D eigenvalue weighted by Crippen LogP contribution is 2.48. The number of benzene rings is 1. The predicted octanol–water partition coefficient (Wildman–Crippen LogP) is 3.57. The van der Waals surface area contributed by atoms with Crippen LogP contribution >= 0.6 is 0 Å². The number of aromatic nitrogens is 5. The molecule has 6 rings (SSSR count). The van der Waals surface area contributed by atoms with Gasteiger partial charge in [0.1, 0.15) is 22.8 Å². The maximum absolute atomic E-state index is 13.2. The summed E-state index contributed by atoms with van der Waals surface area (Å²) < 4.78 is 18.9. The van der Waals surface area contributed by atoms with Gasteiger partial charge in [-0.15, -0.1) is 0 Å². The summed E-state index contributed by atoms with van der Waals surface area (Å²) in [6, 6.07) is 7.61. The van der Waals surface area contributed by atoms with Crippen molar-refractivity contribution in [2.75, 3.05) is 0 Å². The van der Waals surface area contributed by atoms with E-state index in [9.17, 15) is 14.0 Å². The minimum atomic E-state index is -0.862. The van der Waals surface area contributed by atoms with Crippen molar-refractivity contribution in [2.24, 2.45) is 0 Å². The fourth-order valence-electron chi connectivity index (χ4n) is 4.85. The number of hydrogen-bond acceptors (Lipinski definition) is 6. The van der Waals surface area contributed by atoms with E-state index in [1.54, 1.807) is 24.4 Å². The summed E-state index contributed by atoms with van der Waals surface area (Å²) in [4.78, 5) is 44.2. The number of nitrogens with zero attached hydrogens (tertiary/aromatic N) is 3. The second-order valence-corrected chi connectivity index (χ2v) is 8.31. The van der Waals surface area contributed by atoms with Crippen LogP contribution in [0.5, 0.6) is 0 Å². The number of pyridine rings is 1. The number of fused-ring (bicyclic) bond motifs is 3. The Kier molecular flexibility index (Phi) is 4.01. The lowest BCUT2D eigenvalue weighted by molar-refractivity contribution is -0.0318. The van der Waals surface area contributed by atoms with Gasteiger partial charge in [0.05, 0.1) is 17.3 Å². The van der Waals surface area contributed by atoms with Gasteiger partial charge in [0.2, 0.25) is 0 Å². The summed E-state index contributed by atoms with van der Waals surface area (Å²) in [6.45, 7) is 0. The number of halogens is 1. The van der Waals surface area contributed by atoms with E-state index in [1.165, 1.54) is 18.3 Å². The third kappa shape index (κ3) is 2.84. The number of nitrogens with one attached hydrogen (secondary N) is 2. The summed E-state index contributed by atoms with van der Waals surface area (Å²) in [5.41, 5.74) is 1.66. The Morgan fingerprint density at radius 2 is 1.84 bits per heavy atom. The molecule has 160 valence electrons. The van der Waals surface area contributed by atoms with Gasteiger partial charge < -0.3 is 14.7 Å². The molecular weight excluding hydrogens is 413 g/mol. The van der Waals surface area contributed by atoms with Crippen molar-refractivity contribution in [1.82, 2.24) is 24.9 Å². The van der Waals surface area contributed by atoms with Crippen LogP contribution in [0.1, 0.15) is 53.3 Å². The number of aromatic amines is 2. The standard InChI is InChI=1S/C23H18FN5O3/c24-14-3-1-12(2-4-14)18-26-11-16-20(28-18)29-19(27-16)13-5-8-23(9-6-13)17-15(22(31)32-23)7-10-25-21(17)30/h1-4,7,10-11,13H,5-6,8-9H2,(H,25,30)(H,26,27,28,29). The highest BCUT2D eigenvalue weighted by atomic mass is 19.1. The second-order valence-electron chi connectivity index (χ2n) is 8.31. The number of esters is 1. The van der Waals surface area contributed by atoms with Crippen LogP contribution in [-0.4, -0.2) is 30.9 Å². The summed E-state index contributed by atoms with van der Waals surface area (Å²) in [5.74, 6) is 0.648. The average molecular weight is 431 g/mol. The first-order chi connectivity index (χ1) is 15.5. The number of rotatable bonds is 2. The molecule has 1 spiro atoms. The number of imidazole rings is 1. The lowest BCUT2D eigenvalue weighted by Gasteiger charge is -2.35. The molecule has 8 nitrogen and oxygen atoms in total. The molecule has 32 heavy (non-hydrogen) atoms. The van der Waals surface area contributed by atoms with Gasteiger partial charge in [0.15, 0.2) is 11.5 Å². The van der Waals surface area contributed by atoms with E-state index in [0.717, 1.165) is 11.3 Å².